The van der Waals surface area contributed by atoms with E-state index in [4.69, 9.17) is 35.4 Å². The van der Waals surface area contributed by atoms with Gasteiger partial charge in [0.05, 0.1) is 16.1 Å². The summed E-state index contributed by atoms with van der Waals surface area (Å²) in [5.41, 5.74) is 3.44. The van der Waals surface area contributed by atoms with Crippen molar-refractivity contribution in [2.75, 3.05) is 0 Å². The highest BCUT2D eigenvalue weighted by Crippen LogP contribution is 2.24. The lowest BCUT2D eigenvalue weighted by Gasteiger charge is -2.28. The van der Waals surface area contributed by atoms with Crippen LogP contribution in [0.5, 0.6) is 0 Å². The van der Waals surface area contributed by atoms with Crippen molar-refractivity contribution in [3.8, 4) is 0 Å². The van der Waals surface area contributed by atoms with E-state index < -0.39 is 0 Å². The third-order valence-corrected chi connectivity index (χ3v) is 5.62. The lowest BCUT2D eigenvalue weighted by atomic mass is 10.1. The van der Waals surface area contributed by atoms with Gasteiger partial charge in [-0.15, -0.1) is 0 Å². The fraction of sp³-hybridized carbons (Fsp3) is 0.174. The molecule has 0 aliphatic carbocycles. The third kappa shape index (κ3) is 5.71. The Kier molecular flexibility index (Phi) is 7.32. The van der Waals surface area contributed by atoms with Gasteiger partial charge in [0.2, 0.25) is 0 Å². The molecule has 3 aromatic rings. The number of hydrogen-bond acceptors (Lipinski definition) is 1. The van der Waals surface area contributed by atoms with Crippen LogP contribution in [-0.2, 0) is 13.1 Å². The second-order valence-corrected chi connectivity index (χ2v) is 7.87. The molecule has 0 aliphatic heterocycles. The molecule has 1 N–H and O–H groups in total. The second kappa shape index (κ2) is 9.92. The topological polar surface area (TPSA) is 15.3 Å². The number of halogens is 2. The minimum absolute atomic E-state index is 0.112. The van der Waals surface area contributed by atoms with Crippen LogP contribution in [0.4, 0.5) is 0 Å². The summed E-state index contributed by atoms with van der Waals surface area (Å²) in [7, 11) is 0. The highest BCUT2D eigenvalue weighted by molar-refractivity contribution is 7.80. The van der Waals surface area contributed by atoms with E-state index in [2.05, 4.69) is 41.4 Å². The van der Waals surface area contributed by atoms with Crippen LogP contribution in [0.3, 0.4) is 0 Å². The summed E-state index contributed by atoms with van der Waals surface area (Å²) >= 11 is 18.0. The molecular weight excluding hydrogens is 407 g/mol. The van der Waals surface area contributed by atoms with Gasteiger partial charge in [-0.3, -0.25) is 0 Å². The van der Waals surface area contributed by atoms with Crippen LogP contribution in [0.25, 0.3) is 0 Å². The Morgan fingerprint density at radius 3 is 2.11 bits per heavy atom. The van der Waals surface area contributed by atoms with Gasteiger partial charge in [-0.25, -0.2) is 0 Å². The minimum atomic E-state index is 0.112. The number of rotatable bonds is 6. The summed E-state index contributed by atoms with van der Waals surface area (Å²) in [5.74, 6) is 0. The Morgan fingerprint density at radius 1 is 0.857 bits per heavy atom. The molecule has 144 valence electrons. The van der Waals surface area contributed by atoms with Crippen molar-refractivity contribution in [1.82, 2.24) is 10.2 Å². The van der Waals surface area contributed by atoms with Gasteiger partial charge in [0, 0.05) is 13.1 Å². The van der Waals surface area contributed by atoms with Gasteiger partial charge in [-0.2, -0.15) is 0 Å². The molecule has 2 nitrogen and oxygen atoms in total. The van der Waals surface area contributed by atoms with Gasteiger partial charge >= 0.3 is 0 Å². The van der Waals surface area contributed by atoms with Crippen LogP contribution in [-0.4, -0.2) is 10.0 Å². The van der Waals surface area contributed by atoms with E-state index in [-0.39, 0.29) is 6.04 Å². The summed E-state index contributed by atoms with van der Waals surface area (Å²) in [6.07, 6.45) is 0. The molecule has 1 atom stereocenters. The molecule has 0 heterocycles. The van der Waals surface area contributed by atoms with Crippen molar-refractivity contribution in [2.24, 2.45) is 0 Å². The zero-order valence-electron chi connectivity index (χ0n) is 15.6. The molecule has 0 spiro atoms. The first-order valence-electron chi connectivity index (χ1n) is 9.11. The molecule has 0 amide bonds. The molecule has 0 radical (unpaired) electrons. The van der Waals surface area contributed by atoms with E-state index in [9.17, 15) is 0 Å². The van der Waals surface area contributed by atoms with E-state index >= 15 is 0 Å². The molecule has 3 rings (SSSR count). The molecule has 0 fully saturated rings. The number of nitrogens with one attached hydrogen (secondary N) is 1. The maximum absolute atomic E-state index is 6.20. The fourth-order valence-corrected chi connectivity index (χ4v) is 3.59. The van der Waals surface area contributed by atoms with E-state index in [0.29, 0.717) is 28.2 Å². The van der Waals surface area contributed by atoms with Crippen molar-refractivity contribution in [2.45, 2.75) is 26.1 Å². The largest absolute Gasteiger partial charge is 0.356 e. The van der Waals surface area contributed by atoms with E-state index in [0.717, 1.165) is 5.56 Å². The average molecular weight is 429 g/mol. The molecule has 3 aromatic carbocycles. The molecule has 1 unspecified atom stereocenters. The lowest BCUT2D eigenvalue weighted by Crippen LogP contribution is -2.40. The second-order valence-electron chi connectivity index (χ2n) is 6.67. The van der Waals surface area contributed by atoms with Crippen LogP contribution < -0.4 is 5.32 Å². The monoisotopic (exact) mass is 428 g/mol. The van der Waals surface area contributed by atoms with Crippen LogP contribution >= 0.6 is 35.4 Å². The van der Waals surface area contributed by atoms with E-state index in [1.54, 1.807) is 0 Å². The summed E-state index contributed by atoms with van der Waals surface area (Å²) < 4.78 is 0. The molecular formula is C23H22Cl2N2S. The molecule has 5 heteroatoms. The van der Waals surface area contributed by atoms with Crippen LogP contribution in [0.1, 0.15) is 29.7 Å². The van der Waals surface area contributed by atoms with Gasteiger partial charge in [-0.1, -0.05) is 89.9 Å². The first kappa shape index (κ1) is 20.7. The number of nitrogens with zero attached hydrogens (tertiary/aromatic N) is 1. The SMILES string of the molecule is CC(NC(=S)N(Cc1ccccc1)Cc1ccc(Cl)c(Cl)c1)c1ccccc1. The van der Waals surface area contributed by atoms with E-state index in [1.807, 2.05) is 54.6 Å². The number of hydrogen-bond donors (Lipinski definition) is 1. The summed E-state index contributed by atoms with van der Waals surface area (Å²) in [6, 6.07) is 26.4. The van der Waals surface area contributed by atoms with Crippen LogP contribution in [0, 0.1) is 0 Å². The average Bonchev–Trinajstić information content (AvgIpc) is 2.71. The van der Waals surface area contributed by atoms with Crippen molar-refractivity contribution in [1.29, 1.82) is 0 Å². The number of benzene rings is 3. The summed E-state index contributed by atoms with van der Waals surface area (Å²) in [6.45, 7) is 3.45. The third-order valence-electron chi connectivity index (χ3n) is 4.50. The van der Waals surface area contributed by atoms with Crippen molar-refractivity contribution < 1.29 is 0 Å². The van der Waals surface area contributed by atoms with Gasteiger partial charge in [0.25, 0.3) is 0 Å². The van der Waals surface area contributed by atoms with Gasteiger partial charge in [0.1, 0.15) is 0 Å². The quantitative estimate of drug-likeness (QED) is 0.443. The molecule has 0 bridgehead atoms. The molecule has 0 aromatic heterocycles. The molecule has 28 heavy (non-hydrogen) atoms. The zero-order valence-corrected chi connectivity index (χ0v) is 17.9. The zero-order chi connectivity index (χ0) is 19.9. The molecule has 0 aliphatic rings. The first-order valence-corrected chi connectivity index (χ1v) is 10.3. The van der Waals surface area contributed by atoms with Crippen molar-refractivity contribution >= 4 is 40.5 Å². The standard InChI is InChI=1S/C23H22Cl2N2S/c1-17(20-10-6-3-7-11-20)26-23(28)27(15-18-8-4-2-5-9-18)16-19-12-13-21(24)22(25)14-19/h2-14,17H,15-16H2,1H3,(H,26,28). The van der Waals surface area contributed by atoms with Gasteiger partial charge in [0.15, 0.2) is 5.11 Å². The Labute approximate surface area is 182 Å². The van der Waals surface area contributed by atoms with Crippen molar-refractivity contribution in [3.63, 3.8) is 0 Å². The Bertz CT molecular complexity index is 916. The number of thiocarbonyl (C=S) groups is 1. The lowest BCUT2D eigenvalue weighted by molar-refractivity contribution is 0.393. The predicted octanol–water partition coefficient (Wildman–Crippen LogP) is 6.63. The van der Waals surface area contributed by atoms with Crippen LogP contribution in [0.2, 0.25) is 10.0 Å². The first-order chi connectivity index (χ1) is 13.5. The fourth-order valence-electron chi connectivity index (χ4n) is 2.96. The Balaban J connectivity index is 1.78. The Hall–Kier alpha value is -2.07. The van der Waals surface area contributed by atoms with Crippen LogP contribution in [0.15, 0.2) is 78.9 Å². The van der Waals surface area contributed by atoms with Gasteiger partial charge in [-0.05, 0) is 48.0 Å². The smallest absolute Gasteiger partial charge is 0.170 e. The van der Waals surface area contributed by atoms with Gasteiger partial charge < -0.3 is 10.2 Å². The summed E-state index contributed by atoms with van der Waals surface area (Å²) in [4.78, 5) is 2.14. The minimum Gasteiger partial charge on any atom is -0.356 e. The predicted molar refractivity (Wildman–Crippen MR) is 123 cm³/mol. The molecule has 0 saturated heterocycles. The van der Waals surface area contributed by atoms with Crippen molar-refractivity contribution in [3.05, 3.63) is 106 Å². The highest BCUT2D eigenvalue weighted by atomic mass is 35.5. The normalized spacial score (nSPS) is 11.7. The summed E-state index contributed by atoms with van der Waals surface area (Å²) in [5, 5.41) is 5.27. The Morgan fingerprint density at radius 2 is 1.46 bits per heavy atom. The maximum atomic E-state index is 6.20. The molecule has 0 saturated carbocycles. The highest BCUT2D eigenvalue weighted by Gasteiger charge is 2.15. The van der Waals surface area contributed by atoms with E-state index in [1.165, 1.54) is 11.1 Å². The maximum Gasteiger partial charge on any atom is 0.170 e.